The van der Waals surface area contributed by atoms with Crippen molar-refractivity contribution in [1.82, 2.24) is 24.6 Å². The summed E-state index contributed by atoms with van der Waals surface area (Å²) in [6.07, 6.45) is 3.69. The Morgan fingerprint density at radius 2 is 1.82 bits per heavy atom. The molecule has 0 saturated carbocycles. The van der Waals surface area contributed by atoms with Crippen LogP contribution in [0.1, 0.15) is 46.9 Å². The molecule has 5 rings (SSSR count). The molecule has 2 amide bonds. The SMILES string of the molecule is Cc1cc2c([nH]1)/C=C1\C(=O)Nc3ccc(cc31)-c1cnn(C)c1CN(C(C)C)CCN(C)C2=O. The van der Waals surface area contributed by atoms with Crippen LogP contribution in [0.25, 0.3) is 22.8 Å². The standard InChI is InChI=1S/C26H30N6O2/c1-15(2)32-9-8-30(4)26(34)20-10-16(3)28-23(20)12-19-18-11-17(6-7-22(18)29-25(19)33)21-13-27-31(5)24(21)14-32/h6-7,10-13,15,28H,8-9,14H2,1-5H3,(H,29,33)/b19-12-. The van der Waals surface area contributed by atoms with E-state index in [1.807, 2.05) is 56.2 Å². The Labute approximate surface area is 199 Å². The molecule has 0 atom stereocenters. The molecule has 8 heteroatoms. The van der Waals surface area contributed by atoms with Crippen molar-refractivity contribution in [2.75, 3.05) is 25.5 Å². The van der Waals surface area contributed by atoms with Crippen molar-refractivity contribution < 1.29 is 9.59 Å². The number of likely N-dealkylation sites (N-methyl/N-ethyl adjacent to an activating group) is 1. The molecule has 2 aromatic heterocycles. The highest BCUT2D eigenvalue weighted by Crippen LogP contribution is 2.37. The fraction of sp³-hybridized carbons (Fsp3) is 0.346. The summed E-state index contributed by atoms with van der Waals surface area (Å²) in [5.74, 6) is -0.240. The molecule has 0 unspecified atom stereocenters. The molecule has 0 spiro atoms. The maximum absolute atomic E-state index is 13.4. The summed E-state index contributed by atoms with van der Waals surface area (Å²) < 4.78 is 1.92. The number of amides is 2. The second-order valence-electron chi connectivity index (χ2n) is 9.47. The summed E-state index contributed by atoms with van der Waals surface area (Å²) >= 11 is 0. The maximum atomic E-state index is 13.4. The van der Waals surface area contributed by atoms with Crippen LogP contribution >= 0.6 is 0 Å². The number of hydrogen-bond donors (Lipinski definition) is 2. The number of nitrogens with zero attached hydrogens (tertiary/aromatic N) is 4. The van der Waals surface area contributed by atoms with Crippen LogP contribution in [0, 0.1) is 6.92 Å². The zero-order chi connectivity index (χ0) is 24.1. The molecule has 1 aromatic carbocycles. The van der Waals surface area contributed by atoms with Crippen molar-refractivity contribution in [2.45, 2.75) is 33.4 Å². The van der Waals surface area contributed by atoms with Crippen LogP contribution < -0.4 is 5.32 Å². The Balaban J connectivity index is 1.72. The molecule has 2 aliphatic rings. The smallest absolute Gasteiger partial charge is 0.256 e. The fourth-order valence-corrected chi connectivity index (χ4v) is 4.73. The van der Waals surface area contributed by atoms with Gasteiger partial charge in [-0.15, -0.1) is 0 Å². The number of benzene rings is 1. The van der Waals surface area contributed by atoms with E-state index in [4.69, 9.17) is 0 Å². The zero-order valence-electron chi connectivity index (χ0n) is 20.3. The van der Waals surface area contributed by atoms with Gasteiger partial charge in [0.15, 0.2) is 0 Å². The van der Waals surface area contributed by atoms with Crippen LogP contribution in [0.15, 0.2) is 30.5 Å². The minimum Gasteiger partial charge on any atom is -0.358 e. The summed E-state index contributed by atoms with van der Waals surface area (Å²) in [4.78, 5) is 33.7. The second kappa shape index (κ2) is 8.29. The summed E-state index contributed by atoms with van der Waals surface area (Å²) in [6, 6.07) is 8.17. The van der Waals surface area contributed by atoms with E-state index in [1.54, 1.807) is 11.0 Å². The third kappa shape index (κ3) is 3.74. The van der Waals surface area contributed by atoms with E-state index in [1.165, 1.54) is 0 Å². The molecule has 176 valence electrons. The predicted molar refractivity (Wildman–Crippen MR) is 133 cm³/mol. The van der Waals surface area contributed by atoms with Gasteiger partial charge in [-0.05, 0) is 50.6 Å². The monoisotopic (exact) mass is 458 g/mol. The summed E-state index contributed by atoms with van der Waals surface area (Å²) in [5, 5.41) is 7.50. The number of aromatic amines is 1. The van der Waals surface area contributed by atoms with Crippen molar-refractivity contribution >= 4 is 29.2 Å². The van der Waals surface area contributed by atoms with Crippen LogP contribution in [0.5, 0.6) is 0 Å². The van der Waals surface area contributed by atoms with Crippen LogP contribution in [0.3, 0.4) is 0 Å². The molecular formula is C26H30N6O2. The van der Waals surface area contributed by atoms with Gasteiger partial charge in [0.05, 0.1) is 28.7 Å². The van der Waals surface area contributed by atoms with Gasteiger partial charge in [-0.2, -0.15) is 5.10 Å². The Bertz CT molecular complexity index is 1330. The molecule has 3 aromatic rings. The first kappa shape index (κ1) is 22.2. The summed E-state index contributed by atoms with van der Waals surface area (Å²) in [7, 11) is 3.79. The zero-order valence-corrected chi connectivity index (χ0v) is 20.3. The van der Waals surface area contributed by atoms with Crippen molar-refractivity contribution in [3.8, 4) is 11.1 Å². The van der Waals surface area contributed by atoms with Crippen LogP contribution in [0.4, 0.5) is 5.69 Å². The van der Waals surface area contributed by atoms with Crippen molar-refractivity contribution in [1.29, 1.82) is 0 Å². The fourth-order valence-electron chi connectivity index (χ4n) is 4.73. The number of carbonyl (C=O) groups is 2. The molecule has 0 saturated heterocycles. The third-order valence-corrected chi connectivity index (χ3v) is 6.83. The van der Waals surface area contributed by atoms with Crippen LogP contribution in [-0.4, -0.2) is 62.6 Å². The average Bonchev–Trinajstić information content (AvgIpc) is 3.44. The van der Waals surface area contributed by atoms with Crippen LogP contribution in [-0.2, 0) is 18.4 Å². The van der Waals surface area contributed by atoms with Gasteiger partial charge in [0, 0.05) is 62.3 Å². The van der Waals surface area contributed by atoms with E-state index < -0.39 is 0 Å². The topological polar surface area (TPSA) is 86.3 Å². The molecule has 34 heavy (non-hydrogen) atoms. The van der Waals surface area contributed by atoms with Crippen molar-refractivity contribution in [3.63, 3.8) is 0 Å². The maximum Gasteiger partial charge on any atom is 0.256 e. The second-order valence-corrected chi connectivity index (χ2v) is 9.47. The van der Waals surface area contributed by atoms with Gasteiger partial charge in [0.25, 0.3) is 11.8 Å². The molecule has 0 radical (unpaired) electrons. The molecule has 2 N–H and O–H groups in total. The number of aromatic nitrogens is 3. The third-order valence-electron chi connectivity index (χ3n) is 6.83. The lowest BCUT2D eigenvalue weighted by Gasteiger charge is -2.29. The van der Waals surface area contributed by atoms with E-state index in [2.05, 4.69) is 34.1 Å². The van der Waals surface area contributed by atoms with Gasteiger partial charge in [-0.1, -0.05) is 6.07 Å². The van der Waals surface area contributed by atoms with Gasteiger partial charge >= 0.3 is 0 Å². The number of H-pyrrole nitrogens is 1. The minimum absolute atomic E-state index is 0.0663. The first-order valence-corrected chi connectivity index (χ1v) is 11.6. The Kier molecular flexibility index (Phi) is 5.40. The van der Waals surface area contributed by atoms with E-state index in [0.717, 1.165) is 40.3 Å². The number of aryl methyl sites for hydroxylation is 2. The number of carbonyl (C=O) groups excluding carboxylic acids is 2. The predicted octanol–water partition coefficient (Wildman–Crippen LogP) is 3.51. The minimum atomic E-state index is -0.173. The Morgan fingerprint density at radius 3 is 2.59 bits per heavy atom. The summed E-state index contributed by atoms with van der Waals surface area (Å²) in [6.45, 7) is 8.28. The van der Waals surface area contributed by atoms with Gasteiger partial charge in [0.2, 0.25) is 0 Å². The number of rotatable bonds is 1. The van der Waals surface area contributed by atoms with E-state index in [9.17, 15) is 9.59 Å². The first-order valence-electron chi connectivity index (χ1n) is 11.6. The molecule has 0 fully saturated rings. The molecule has 4 heterocycles. The van der Waals surface area contributed by atoms with Gasteiger partial charge in [-0.25, -0.2) is 0 Å². The normalized spacial score (nSPS) is 18.2. The molecule has 0 aliphatic carbocycles. The van der Waals surface area contributed by atoms with Crippen molar-refractivity contribution in [2.24, 2.45) is 7.05 Å². The quantitative estimate of drug-likeness (QED) is 0.584. The largest absolute Gasteiger partial charge is 0.358 e. The molecule has 2 aliphatic heterocycles. The number of fused-ring (bicyclic) bond motifs is 4. The molecular weight excluding hydrogens is 428 g/mol. The number of nitrogens with one attached hydrogen (secondary N) is 2. The average molecular weight is 459 g/mol. The highest BCUT2D eigenvalue weighted by molar-refractivity contribution is 6.35. The van der Waals surface area contributed by atoms with E-state index in [0.29, 0.717) is 36.0 Å². The summed E-state index contributed by atoms with van der Waals surface area (Å²) in [5.41, 5.74) is 7.39. The lowest BCUT2D eigenvalue weighted by molar-refractivity contribution is -0.110. The Morgan fingerprint density at radius 1 is 1.03 bits per heavy atom. The highest BCUT2D eigenvalue weighted by atomic mass is 16.2. The first-order chi connectivity index (χ1) is 16.2. The Hall–Kier alpha value is -3.65. The van der Waals surface area contributed by atoms with Gasteiger partial charge in [0.1, 0.15) is 0 Å². The van der Waals surface area contributed by atoms with E-state index >= 15 is 0 Å². The lowest BCUT2D eigenvalue weighted by atomic mass is 9.98. The number of hydrogen-bond acceptors (Lipinski definition) is 4. The van der Waals surface area contributed by atoms with Crippen molar-refractivity contribution in [3.05, 3.63) is 58.7 Å². The van der Waals surface area contributed by atoms with Crippen LogP contribution in [0.2, 0.25) is 0 Å². The molecule has 2 bridgehead atoms. The molecule has 8 nitrogen and oxygen atoms in total. The highest BCUT2D eigenvalue weighted by Gasteiger charge is 2.28. The van der Waals surface area contributed by atoms with Gasteiger partial charge < -0.3 is 15.2 Å². The number of anilines is 1. The lowest BCUT2D eigenvalue weighted by Crippen LogP contribution is -2.39. The van der Waals surface area contributed by atoms with Gasteiger partial charge in [-0.3, -0.25) is 19.2 Å². The van der Waals surface area contributed by atoms with E-state index in [-0.39, 0.29) is 11.8 Å².